The van der Waals surface area contributed by atoms with Crippen LogP contribution in [0.3, 0.4) is 0 Å². The fourth-order valence-electron chi connectivity index (χ4n) is 3.96. The predicted octanol–water partition coefficient (Wildman–Crippen LogP) is 6.22. The van der Waals surface area contributed by atoms with Gasteiger partial charge in [0.15, 0.2) is 0 Å². The second kappa shape index (κ2) is 10.6. The predicted molar refractivity (Wildman–Crippen MR) is 123 cm³/mol. The Hall–Kier alpha value is -3.03. The van der Waals surface area contributed by atoms with Crippen molar-refractivity contribution < 1.29 is 53.8 Å². The van der Waals surface area contributed by atoms with Crippen LogP contribution in [0, 0.1) is 17.7 Å². The molecule has 3 rings (SSSR count). The van der Waals surface area contributed by atoms with Crippen LogP contribution >= 0.6 is 0 Å². The van der Waals surface area contributed by atoms with Gasteiger partial charge < -0.3 is 14.7 Å². The molecule has 210 valence electrons. The smallest absolute Gasteiger partial charge is 0.420 e. The zero-order valence-electron chi connectivity index (χ0n) is 20.1. The van der Waals surface area contributed by atoms with E-state index in [1.54, 1.807) is 0 Å². The summed E-state index contributed by atoms with van der Waals surface area (Å²) < 4.78 is 130. The summed E-state index contributed by atoms with van der Waals surface area (Å²) in [5.74, 6) is -9.45. The molecule has 14 heteroatoms. The van der Waals surface area contributed by atoms with E-state index in [0.29, 0.717) is 19.1 Å². The van der Waals surface area contributed by atoms with Gasteiger partial charge in [-0.3, -0.25) is 4.79 Å². The van der Waals surface area contributed by atoms with Crippen molar-refractivity contribution in [1.29, 1.82) is 0 Å². The molecule has 0 spiro atoms. The number of carboxylic acid groups (broad SMARTS) is 1. The third-order valence-electron chi connectivity index (χ3n) is 6.03. The van der Waals surface area contributed by atoms with Crippen molar-refractivity contribution in [1.82, 2.24) is 0 Å². The SMILES string of the molecule is C[C@H](COc1cc2c(cc1C(F)(F)F)N(c1cccc(F)c1)C[C@@H](CCC(C)(F)F)[C@@H](F)S2(=O)=O)C(=O)O. The van der Waals surface area contributed by atoms with Crippen LogP contribution in [0.15, 0.2) is 41.3 Å². The molecule has 0 fully saturated rings. The average Bonchev–Trinajstić information content (AvgIpc) is 2.87. The normalized spacial score (nSPS) is 20.4. The van der Waals surface area contributed by atoms with E-state index >= 15 is 4.39 Å². The molecule has 6 nitrogen and oxygen atoms in total. The van der Waals surface area contributed by atoms with Gasteiger partial charge in [0.25, 0.3) is 0 Å². The molecule has 38 heavy (non-hydrogen) atoms. The van der Waals surface area contributed by atoms with Gasteiger partial charge in [-0.25, -0.2) is 26.0 Å². The molecule has 0 amide bonds. The molecule has 1 N–H and O–H groups in total. The van der Waals surface area contributed by atoms with Crippen molar-refractivity contribution in [3.05, 3.63) is 47.8 Å². The minimum atomic E-state index is -5.13. The summed E-state index contributed by atoms with van der Waals surface area (Å²) in [5.41, 5.74) is -5.07. The van der Waals surface area contributed by atoms with Crippen LogP contribution in [0.5, 0.6) is 5.75 Å². The van der Waals surface area contributed by atoms with Gasteiger partial charge in [0.2, 0.25) is 21.3 Å². The van der Waals surface area contributed by atoms with Crippen LogP contribution in [0.25, 0.3) is 0 Å². The summed E-state index contributed by atoms with van der Waals surface area (Å²) in [5, 5.41) is 9.02. The van der Waals surface area contributed by atoms with E-state index in [0.717, 1.165) is 24.0 Å². The zero-order valence-corrected chi connectivity index (χ0v) is 20.9. The summed E-state index contributed by atoms with van der Waals surface area (Å²) in [6.07, 6.45) is -6.68. The van der Waals surface area contributed by atoms with E-state index < -0.39 is 99.0 Å². The Morgan fingerprint density at radius 2 is 1.84 bits per heavy atom. The quantitative estimate of drug-likeness (QED) is 0.379. The minimum Gasteiger partial charge on any atom is -0.492 e. The molecule has 1 heterocycles. The molecule has 1 aliphatic heterocycles. The van der Waals surface area contributed by atoms with Gasteiger partial charge in [-0.2, -0.15) is 13.2 Å². The Morgan fingerprint density at radius 1 is 1.18 bits per heavy atom. The summed E-state index contributed by atoms with van der Waals surface area (Å²) in [7, 11) is -5.08. The first-order chi connectivity index (χ1) is 17.4. The second-order valence-electron chi connectivity index (χ2n) is 9.22. The highest BCUT2D eigenvalue weighted by molar-refractivity contribution is 7.92. The number of carbonyl (C=O) groups is 1. The van der Waals surface area contributed by atoms with Crippen LogP contribution in [0.4, 0.5) is 42.1 Å². The number of anilines is 2. The van der Waals surface area contributed by atoms with Crippen LogP contribution < -0.4 is 9.64 Å². The summed E-state index contributed by atoms with van der Waals surface area (Å²) in [6.45, 7) is 0.285. The number of rotatable bonds is 8. The number of alkyl halides is 6. The first kappa shape index (κ1) is 29.5. The number of fused-ring (bicyclic) bond motifs is 1. The van der Waals surface area contributed by atoms with Crippen molar-refractivity contribution in [3.63, 3.8) is 0 Å². The lowest BCUT2D eigenvalue weighted by atomic mass is 10.00. The van der Waals surface area contributed by atoms with E-state index in [9.17, 15) is 39.6 Å². The van der Waals surface area contributed by atoms with Crippen molar-refractivity contribution in [3.8, 4) is 5.75 Å². The minimum absolute atomic E-state index is 0.134. The highest BCUT2D eigenvalue weighted by Crippen LogP contribution is 2.47. The lowest BCUT2D eigenvalue weighted by molar-refractivity contribution is -0.142. The first-order valence-electron chi connectivity index (χ1n) is 11.3. The maximum absolute atomic E-state index is 15.5. The Kier molecular flexibility index (Phi) is 8.25. The molecular weight excluding hydrogens is 547 g/mol. The van der Waals surface area contributed by atoms with Gasteiger partial charge in [-0.15, -0.1) is 0 Å². The number of sulfone groups is 1. The molecule has 0 saturated heterocycles. The Bertz CT molecular complexity index is 1290. The molecule has 3 atom stereocenters. The topological polar surface area (TPSA) is 83.9 Å². The number of halogens is 7. The average molecular weight is 572 g/mol. The fourth-order valence-corrected chi connectivity index (χ4v) is 5.66. The van der Waals surface area contributed by atoms with Crippen molar-refractivity contribution in [2.45, 2.75) is 49.2 Å². The highest BCUT2D eigenvalue weighted by atomic mass is 32.2. The van der Waals surface area contributed by atoms with Gasteiger partial charge in [-0.1, -0.05) is 6.07 Å². The van der Waals surface area contributed by atoms with Crippen molar-refractivity contribution >= 4 is 27.2 Å². The summed E-state index contributed by atoms with van der Waals surface area (Å²) in [6, 6.07) is 5.18. The molecule has 0 aromatic heterocycles. The largest absolute Gasteiger partial charge is 0.492 e. The second-order valence-corrected chi connectivity index (χ2v) is 11.2. The van der Waals surface area contributed by atoms with E-state index in [-0.39, 0.29) is 5.69 Å². The van der Waals surface area contributed by atoms with Crippen molar-refractivity contribution in [2.75, 3.05) is 18.1 Å². The third kappa shape index (κ3) is 6.51. The molecule has 0 saturated carbocycles. The number of hydrogen-bond acceptors (Lipinski definition) is 5. The van der Waals surface area contributed by atoms with E-state index in [2.05, 4.69) is 0 Å². The lowest BCUT2D eigenvalue weighted by Gasteiger charge is -2.29. The molecular formula is C24H24F7NO5S. The van der Waals surface area contributed by atoms with Crippen LogP contribution in [0.1, 0.15) is 32.3 Å². The highest BCUT2D eigenvalue weighted by Gasteiger charge is 2.45. The van der Waals surface area contributed by atoms with Gasteiger partial charge in [0, 0.05) is 30.6 Å². The molecule has 2 aromatic rings. The number of aliphatic carboxylic acids is 1. The summed E-state index contributed by atoms with van der Waals surface area (Å²) in [4.78, 5) is 11.1. The first-order valence-corrected chi connectivity index (χ1v) is 12.9. The lowest BCUT2D eigenvalue weighted by Crippen LogP contribution is -2.32. The molecule has 0 bridgehead atoms. The summed E-state index contributed by atoms with van der Waals surface area (Å²) >= 11 is 0. The van der Waals surface area contributed by atoms with Gasteiger partial charge in [0.1, 0.15) is 18.2 Å². The Balaban J connectivity index is 2.26. The molecule has 0 aliphatic carbocycles. The van der Waals surface area contributed by atoms with Crippen LogP contribution in [0.2, 0.25) is 0 Å². The zero-order chi connectivity index (χ0) is 28.6. The molecule has 0 radical (unpaired) electrons. The van der Waals surface area contributed by atoms with E-state index in [1.807, 2.05) is 0 Å². The van der Waals surface area contributed by atoms with Gasteiger partial charge in [0.05, 0.1) is 22.1 Å². The van der Waals surface area contributed by atoms with E-state index in [4.69, 9.17) is 9.84 Å². The maximum atomic E-state index is 15.5. The van der Waals surface area contributed by atoms with Crippen LogP contribution in [-0.2, 0) is 20.8 Å². The number of hydrogen-bond donors (Lipinski definition) is 1. The molecule has 2 aromatic carbocycles. The monoisotopic (exact) mass is 571 g/mol. The number of carboxylic acids is 1. The number of benzene rings is 2. The third-order valence-corrected chi connectivity index (χ3v) is 7.95. The van der Waals surface area contributed by atoms with E-state index in [1.165, 1.54) is 12.1 Å². The Morgan fingerprint density at radius 3 is 2.39 bits per heavy atom. The maximum Gasteiger partial charge on any atom is 0.420 e. The fraction of sp³-hybridized carbons (Fsp3) is 0.458. The number of ether oxygens (including phenoxy) is 1. The van der Waals surface area contributed by atoms with Gasteiger partial charge >= 0.3 is 12.1 Å². The molecule has 1 aliphatic rings. The van der Waals surface area contributed by atoms with Crippen LogP contribution in [-0.4, -0.2) is 44.1 Å². The standard InChI is InChI=1S/C24H24F7NO5S/c1-13(22(33)34)12-37-19-10-20-18(9-17(19)24(29,30)31)32(16-5-3-4-15(25)8-16)11-14(6-7-23(2,27)28)21(26)38(20,35)36/h3-5,8-10,13-14,21H,6-7,11-12H2,1-2H3,(H,33,34)/t13-,14-,21+/m1/s1. The van der Waals surface area contributed by atoms with Crippen molar-refractivity contribution in [2.24, 2.45) is 11.8 Å². The van der Waals surface area contributed by atoms with Gasteiger partial charge in [-0.05, 0) is 44.5 Å². The number of nitrogens with zero attached hydrogens (tertiary/aromatic N) is 1. The molecule has 0 unspecified atom stereocenters. The Labute approximate surface area is 213 Å².